The maximum Gasteiger partial charge on any atom is 0.272 e. The lowest BCUT2D eigenvalue weighted by atomic mass is 9.88. The maximum absolute atomic E-state index is 13.4. The van der Waals surface area contributed by atoms with Crippen molar-refractivity contribution in [2.24, 2.45) is 0 Å². The van der Waals surface area contributed by atoms with Gasteiger partial charge in [-0.2, -0.15) is 0 Å². The first-order chi connectivity index (χ1) is 7.03. The number of rotatable bonds is 2. The second-order valence-electron chi connectivity index (χ2n) is 3.56. The molecule has 1 aromatic carbocycles. The summed E-state index contributed by atoms with van der Waals surface area (Å²) < 4.78 is 13.4. The van der Waals surface area contributed by atoms with Crippen molar-refractivity contribution >= 4 is 5.69 Å². The average molecular weight is 212 g/mol. The first kappa shape index (κ1) is 10.0. The molecule has 6 heteroatoms. The van der Waals surface area contributed by atoms with E-state index in [0.717, 1.165) is 6.07 Å². The topological polar surface area (TPSA) is 75.4 Å². The number of aliphatic hydroxyl groups is 1. The zero-order valence-electron chi connectivity index (χ0n) is 7.74. The van der Waals surface area contributed by atoms with Gasteiger partial charge in [0.2, 0.25) is 0 Å². The van der Waals surface area contributed by atoms with Gasteiger partial charge in [-0.3, -0.25) is 10.1 Å². The van der Waals surface area contributed by atoms with Crippen LogP contribution in [0, 0.1) is 15.9 Å². The molecule has 1 saturated heterocycles. The summed E-state index contributed by atoms with van der Waals surface area (Å²) in [6.45, 7) is 0.531. The second-order valence-corrected chi connectivity index (χ2v) is 3.56. The van der Waals surface area contributed by atoms with E-state index in [1.807, 2.05) is 0 Å². The highest BCUT2D eigenvalue weighted by atomic mass is 19.1. The van der Waals surface area contributed by atoms with Gasteiger partial charge in [0.05, 0.1) is 11.0 Å². The van der Waals surface area contributed by atoms with E-state index in [1.54, 1.807) is 0 Å². The molecular formula is C9H9FN2O3. The van der Waals surface area contributed by atoms with E-state index in [2.05, 4.69) is 5.32 Å². The highest BCUT2D eigenvalue weighted by Gasteiger charge is 2.38. The minimum atomic E-state index is -1.22. The number of halogens is 1. The van der Waals surface area contributed by atoms with Crippen molar-refractivity contribution in [1.82, 2.24) is 5.32 Å². The number of hydrogen-bond donors (Lipinski definition) is 2. The molecule has 5 nitrogen and oxygen atoms in total. The summed E-state index contributed by atoms with van der Waals surface area (Å²) in [4.78, 5) is 9.69. The van der Waals surface area contributed by atoms with Crippen molar-refractivity contribution < 1.29 is 14.4 Å². The van der Waals surface area contributed by atoms with Crippen molar-refractivity contribution in [3.63, 3.8) is 0 Å². The number of non-ortho nitro benzene ring substituents is 1. The Bertz CT molecular complexity index is 418. The Labute approximate surface area is 84.7 Å². The highest BCUT2D eigenvalue weighted by Crippen LogP contribution is 2.29. The second kappa shape index (κ2) is 3.25. The smallest absolute Gasteiger partial charge is 0.272 e. The van der Waals surface area contributed by atoms with Gasteiger partial charge in [0.15, 0.2) is 0 Å². The van der Waals surface area contributed by atoms with Gasteiger partial charge in [0.1, 0.15) is 11.4 Å². The predicted octanol–water partition coefficient (Wildman–Crippen LogP) is 0.525. The molecule has 0 amide bonds. The predicted molar refractivity (Wildman–Crippen MR) is 49.8 cm³/mol. The summed E-state index contributed by atoms with van der Waals surface area (Å²) in [5.41, 5.74) is -1.43. The van der Waals surface area contributed by atoms with Crippen LogP contribution in [0.2, 0.25) is 0 Å². The third kappa shape index (κ3) is 1.57. The van der Waals surface area contributed by atoms with E-state index in [-0.39, 0.29) is 24.3 Å². The fraction of sp³-hybridized carbons (Fsp3) is 0.333. The summed E-state index contributed by atoms with van der Waals surface area (Å²) >= 11 is 0. The molecule has 0 aliphatic carbocycles. The molecule has 1 fully saturated rings. The van der Waals surface area contributed by atoms with Crippen molar-refractivity contribution in [3.8, 4) is 0 Å². The first-order valence-corrected chi connectivity index (χ1v) is 4.40. The van der Waals surface area contributed by atoms with Gasteiger partial charge in [-0.1, -0.05) is 0 Å². The number of hydrogen-bond acceptors (Lipinski definition) is 4. The monoisotopic (exact) mass is 212 g/mol. The van der Waals surface area contributed by atoms with Crippen LogP contribution < -0.4 is 5.32 Å². The molecule has 2 N–H and O–H groups in total. The zero-order valence-corrected chi connectivity index (χ0v) is 7.74. The van der Waals surface area contributed by atoms with E-state index in [0.29, 0.717) is 0 Å². The normalized spacial score (nSPS) is 18.3. The standard InChI is InChI=1S/C9H9FN2O3/c10-8-3-6(12(14)15)1-2-7(8)9(13)4-11-5-9/h1-3,11,13H,4-5H2. The van der Waals surface area contributed by atoms with Crippen LogP contribution in [0.1, 0.15) is 5.56 Å². The molecule has 1 aliphatic heterocycles. The van der Waals surface area contributed by atoms with Crippen LogP contribution in [0.4, 0.5) is 10.1 Å². The minimum Gasteiger partial charge on any atom is -0.382 e. The fourth-order valence-electron chi connectivity index (χ4n) is 1.55. The van der Waals surface area contributed by atoms with E-state index in [1.165, 1.54) is 12.1 Å². The molecule has 1 aliphatic rings. The summed E-state index contributed by atoms with van der Waals surface area (Å²) in [6.07, 6.45) is 0. The number of nitrogens with one attached hydrogen (secondary N) is 1. The van der Waals surface area contributed by atoms with Crippen molar-refractivity contribution in [2.75, 3.05) is 13.1 Å². The van der Waals surface area contributed by atoms with Gasteiger partial charge in [-0.25, -0.2) is 4.39 Å². The summed E-state index contributed by atoms with van der Waals surface area (Å²) in [5, 5.41) is 23.0. The summed E-state index contributed by atoms with van der Waals surface area (Å²) in [7, 11) is 0. The van der Waals surface area contributed by atoms with Gasteiger partial charge in [0.25, 0.3) is 5.69 Å². The van der Waals surface area contributed by atoms with E-state index < -0.39 is 16.3 Å². The lowest BCUT2D eigenvalue weighted by molar-refractivity contribution is -0.385. The van der Waals surface area contributed by atoms with Crippen LogP contribution >= 0.6 is 0 Å². The lowest BCUT2D eigenvalue weighted by Gasteiger charge is -2.38. The van der Waals surface area contributed by atoms with Crippen LogP contribution in [-0.2, 0) is 5.60 Å². The number of nitrogens with zero attached hydrogens (tertiary/aromatic N) is 1. The quantitative estimate of drug-likeness (QED) is 0.553. The van der Waals surface area contributed by atoms with Crippen LogP contribution in [0.15, 0.2) is 18.2 Å². The van der Waals surface area contributed by atoms with Crippen molar-refractivity contribution in [1.29, 1.82) is 0 Å². The molecule has 0 aromatic heterocycles. The third-order valence-corrected chi connectivity index (χ3v) is 2.50. The summed E-state index contributed by atoms with van der Waals surface area (Å²) in [5.74, 6) is -0.742. The summed E-state index contributed by atoms with van der Waals surface area (Å²) in [6, 6.07) is 3.27. The molecule has 80 valence electrons. The number of β-amino-alcohol motifs (C(OH)–C–C–N with tert-alkyl or cyclic N) is 1. The minimum absolute atomic E-state index is 0.104. The molecule has 1 aromatic rings. The van der Waals surface area contributed by atoms with Crippen molar-refractivity contribution in [3.05, 3.63) is 39.7 Å². The van der Waals surface area contributed by atoms with Gasteiger partial charge in [0, 0.05) is 24.7 Å². The number of nitro groups is 1. The lowest BCUT2D eigenvalue weighted by Crippen LogP contribution is -2.57. The van der Waals surface area contributed by atoms with Gasteiger partial charge >= 0.3 is 0 Å². The van der Waals surface area contributed by atoms with Crippen LogP contribution in [0.3, 0.4) is 0 Å². The number of benzene rings is 1. The Hall–Kier alpha value is -1.53. The Morgan fingerprint density at radius 2 is 2.20 bits per heavy atom. The molecule has 0 saturated carbocycles. The fourth-order valence-corrected chi connectivity index (χ4v) is 1.55. The molecule has 0 radical (unpaired) electrons. The van der Waals surface area contributed by atoms with E-state index in [9.17, 15) is 19.6 Å². The third-order valence-electron chi connectivity index (χ3n) is 2.50. The van der Waals surface area contributed by atoms with Gasteiger partial charge in [-0.05, 0) is 6.07 Å². The molecule has 0 spiro atoms. The molecule has 0 unspecified atom stereocenters. The van der Waals surface area contributed by atoms with Crippen LogP contribution in [-0.4, -0.2) is 23.1 Å². The van der Waals surface area contributed by atoms with Gasteiger partial charge < -0.3 is 10.4 Å². The van der Waals surface area contributed by atoms with E-state index >= 15 is 0 Å². The molecular weight excluding hydrogens is 203 g/mol. The van der Waals surface area contributed by atoms with Crippen LogP contribution in [0.5, 0.6) is 0 Å². The Kier molecular flexibility index (Phi) is 2.17. The molecule has 2 rings (SSSR count). The zero-order chi connectivity index (χ0) is 11.1. The molecule has 0 atom stereocenters. The highest BCUT2D eigenvalue weighted by molar-refractivity contribution is 5.38. The molecule has 0 bridgehead atoms. The van der Waals surface area contributed by atoms with Gasteiger partial charge in [-0.15, -0.1) is 0 Å². The maximum atomic E-state index is 13.4. The SMILES string of the molecule is O=[N+]([O-])c1ccc(C2(O)CNC2)c(F)c1. The molecule has 15 heavy (non-hydrogen) atoms. The Morgan fingerprint density at radius 3 is 2.60 bits per heavy atom. The van der Waals surface area contributed by atoms with E-state index in [4.69, 9.17) is 0 Å². The van der Waals surface area contributed by atoms with Crippen LogP contribution in [0.25, 0.3) is 0 Å². The average Bonchev–Trinajstić information content (AvgIpc) is 2.14. The number of nitro benzene ring substituents is 1. The Balaban J connectivity index is 2.38. The molecule has 1 heterocycles. The largest absolute Gasteiger partial charge is 0.382 e. The van der Waals surface area contributed by atoms with Crippen molar-refractivity contribution in [2.45, 2.75) is 5.60 Å². The Morgan fingerprint density at radius 1 is 1.53 bits per heavy atom. The first-order valence-electron chi connectivity index (χ1n) is 4.40.